The van der Waals surface area contributed by atoms with Crippen LogP contribution in [-0.2, 0) is 9.47 Å². The summed E-state index contributed by atoms with van der Waals surface area (Å²) in [6, 6.07) is 13.5. The maximum Gasteiger partial charge on any atom is 0.341 e. The van der Waals surface area contributed by atoms with Crippen molar-refractivity contribution in [1.82, 2.24) is 0 Å². The molecule has 21 heavy (non-hydrogen) atoms. The Labute approximate surface area is 123 Å². The van der Waals surface area contributed by atoms with Gasteiger partial charge in [-0.1, -0.05) is 49.4 Å². The molecule has 1 saturated heterocycles. The van der Waals surface area contributed by atoms with E-state index in [0.717, 1.165) is 17.2 Å². The Kier molecular flexibility index (Phi) is 2.66. The van der Waals surface area contributed by atoms with Crippen LogP contribution in [0.4, 0.5) is 0 Å². The first-order valence-electron chi connectivity index (χ1n) is 7.26. The van der Waals surface area contributed by atoms with Gasteiger partial charge >= 0.3 is 5.97 Å². The highest BCUT2D eigenvalue weighted by molar-refractivity contribution is 6.04. The molecule has 2 bridgehead atoms. The molecule has 2 heterocycles. The third-order valence-corrected chi connectivity index (χ3v) is 4.41. The number of esters is 1. The third kappa shape index (κ3) is 1.88. The average Bonchev–Trinajstić information content (AvgIpc) is 3.03. The molecule has 0 N–H and O–H groups in total. The molecule has 2 aromatic rings. The van der Waals surface area contributed by atoms with Gasteiger partial charge in [0, 0.05) is 5.92 Å². The minimum Gasteiger partial charge on any atom is -0.425 e. The first-order chi connectivity index (χ1) is 10.2. The Hall–Kier alpha value is -2.13. The van der Waals surface area contributed by atoms with Gasteiger partial charge < -0.3 is 9.47 Å². The molecule has 2 aromatic carbocycles. The maximum atomic E-state index is 12.6. The van der Waals surface area contributed by atoms with Gasteiger partial charge in [0.25, 0.3) is 0 Å². The normalized spacial score (nSPS) is 30.0. The van der Waals surface area contributed by atoms with Crippen LogP contribution in [0.15, 0.2) is 54.6 Å². The van der Waals surface area contributed by atoms with E-state index in [1.807, 2.05) is 48.6 Å². The fourth-order valence-electron chi connectivity index (χ4n) is 3.24. The summed E-state index contributed by atoms with van der Waals surface area (Å²) in [5.74, 6) is -1.02. The molecule has 0 radical (unpaired) electrons. The minimum absolute atomic E-state index is 0.0836. The van der Waals surface area contributed by atoms with Gasteiger partial charge in [0.05, 0.1) is 11.7 Å². The number of rotatable bonds is 2. The number of fused-ring (bicyclic) bond motifs is 3. The second-order valence-electron chi connectivity index (χ2n) is 5.79. The molecule has 2 aliphatic rings. The topological polar surface area (TPSA) is 35.5 Å². The van der Waals surface area contributed by atoms with Crippen LogP contribution in [0.2, 0.25) is 0 Å². The summed E-state index contributed by atoms with van der Waals surface area (Å²) in [4.78, 5) is 12.6. The second kappa shape index (κ2) is 4.43. The molecule has 2 aliphatic heterocycles. The van der Waals surface area contributed by atoms with Crippen molar-refractivity contribution < 1.29 is 14.3 Å². The number of carbonyl (C=O) groups is 1. The van der Waals surface area contributed by atoms with Crippen molar-refractivity contribution in [1.29, 1.82) is 0 Å². The largest absolute Gasteiger partial charge is 0.425 e. The molecule has 106 valence electrons. The highest BCUT2D eigenvalue weighted by Crippen LogP contribution is 2.44. The van der Waals surface area contributed by atoms with E-state index in [2.05, 4.69) is 6.92 Å². The van der Waals surface area contributed by atoms with Crippen LogP contribution in [0.3, 0.4) is 0 Å². The van der Waals surface area contributed by atoms with Crippen molar-refractivity contribution in [2.45, 2.75) is 25.2 Å². The summed E-state index contributed by atoms with van der Waals surface area (Å²) in [6.45, 7) is 2.06. The lowest BCUT2D eigenvalue weighted by Crippen LogP contribution is -2.36. The molecule has 1 fully saturated rings. The highest BCUT2D eigenvalue weighted by Gasteiger charge is 2.51. The van der Waals surface area contributed by atoms with E-state index < -0.39 is 5.79 Å². The van der Waals surface area contributed by atoms with Gasteiger partial charge in [-0.2, -0.15) is 0 Å². The van der Waals surface area contributed by atoms with Crippen molar-refractivity contribution in [3.63, 3.8) is 0 Å². The number of ether oxygens (including phenoxy) is 2. The first kappa shape index (κ1) is 12.6. The zero-order valence-electron chi connectivity index (χ0n) is 11.8. The van der Waals surface area contributed by atoms with E-state index in [9.17, 15) is 4.79 Å². The van der Waals surface area contributed by atoms with Crippen LogP contribution in [-0.4, -0.2) is 17.9 Å². The highest BCUT2D eigenvalue weighted by atomic mass is 16.7. The number of hydrogen-bond donors (Lipinski definition) is 0. The Balaban J connectivity index is 1.70. The van der Waals surface area contributed by atoms with Gasteiger partial charge in [0.1, 0.15) is 0 Å². The Bertz CT molecular complexity index is 744. The van der Waals surface area contributed by atoms with Crippen LogP contribution in [0.5, 0.6) is 0 Å². The van der Waals surface area contributed by atoms with E-state index in [1.165, 1.54) is 0 Å². The number of benzene rings is 2. The average molecular weight is 280 g/mol. The predicted molar refractivity (Wildman–Crippen MR) is 79.9 cm³/mol. The van der Waals surface area contributed by atoms with Gasteiger partial charge in [0.2, 0.25) is 5.79 Å². The molecule has 3 atom stereocenters. The first-order valence-corrected chi connectivity index (χ1v) is 7.26. The van der Waals surface area contributed by atoms with Crippen LogP contribution < -0.4 is 0 Å². The Morgan fingerprint density at radius 1 is 1.24 bits per heavy atom. The van der Waals surface area contributed by atoms with Gasteiger partial charge in [-0.05, 0) is 29.3 Å². The molecular weight excluding hydrogens is 264 g/mol. The van der Waals surface area contributed by atoms with Crippen molar-refractivity contribution in [2.24, 2.45) is 5.92 Å². The molecule has 0 aromatic heterocycles. The third-order valence-electron chi connectivity index (χ3n) is 4.41. The van der Waals surface area contributed by atoms with E-state index in [0.29, 0.717) is 5.56 Å². The van der Waals surface area contributed by atoms with Crippen molar-refractivity contribution in [3.8, 4) is 0 Å². The van der Waals surface area contributed by atoms with Gasteiger partial charge in [-0.15, -0.1) is 0 Å². The zero-order valence-corrected chi connectivity index (χ0v) is 11.8. The smallest absolute Gasteiger partial charge is 0.341 e. The van der Waals surface area contributed by atoms with Crippen LogP contribution >= 0.6 is 0 Å². The summed E-state index contributed by atoms with van der Waals surface area (Å²) in [5, 5.41) is 1.94. The fourth-order valence-corrected chi connectivity index (χ4v) is 3.24. The lowest BCUT2D eigenvalue weighted by Gasteiger charge is -2.27. The summed E-state index contributed by atoms with van der Waals surface area (Å²) in [5.41, 5.74) is 0.585. The summed E-state index contributed by atoms with van der Waals surface area (Å²) in [6.07, 6.45) is 4.85. The molecule has 3 unspecified atom stereocenters. The Morgan fingerprint density at radius 2 is 2.05 bits per heavy atom. The Morgan fingerprint density at radius 3 is 2.81 bits per heavy atom. The van der Waals surface area contributed by atoms with E-state index in [1.54, 1.807) is 6.07 Å². The van der Waals surface area contributed by atoms with E-state index in [4.69, 9.17) is 9.47 Å². The maximum absolute atomic E-state index is 12.6. The minimum atomic E-state index is -0.876. The molecule has 0 spiro atoms. The predicted octanol–water partition coefficient (Wildman–Crippen LogP) is 3.69. The lowest BCUT2D eigenvalue weighted by molar-refractivity contribution is -0.157. The molecule has 0 aliphatic carbocycles. The lowest BCUT2D eigenvalue weighted by atomic mass is 9.93. The van der Waals surface area contributed by atoms with Crippen LogP contribution in [0.25, 0.3) is 10.8 Å². The molecule has 4 rings (SSSR count). The van der Waals surface area contributed by atoms with E-state index >= 15 is 0 Å². The molecule has 3 nitrogen and oxygen atoms in total. The van der Waals surface area contributed by atoms with Crippen LogP contribution in [0.1, 0.15) is 23.7 Å². The molecule has 0 saturated carbocycles. The SMILES string of the molecule is CC1CC2C=CC1(OC(=O)c1cccc3ccccc13)O2. The summed E-state index contributed by atoms with van der Waals surface area (Å²) >= 11 is 0. The van der Waals surface area contributed by atoms with Crippen molar-refractivity contribution in [3.05, 3.63) is 60.2 Å². The standard InChI is InChI=1S/C18H16O3/c1-12-11-14-9-10-18(12,20-14)21-17(19)16-8-4-6-13-5-2-3-7-15(13)16/h2-10,12,14H,11H2,1H3. The van der Waals surface area contributed by atoms with Gasteiger partial charge in [0.15, 0.2) is 0 Å². The molecule has 3 heteroatoms. The van der Waals surface area contributed by atoms with Gasteiger partial charge in [-0.3, -0.25) is 0 Å². The second-order valence-corrected chi connectivity index (χ2v) is 5.79. The summed E-state index contributed by atoms with van der Waals surface area (Å²) < 4.78 is 11.6. The van der Waals surface area contributed by atoms with E-state index in [-0.39, 0.29) is 18.0 Å². The zero-order chi connectivity index (χ0) is 14.4. The monoisotopic (exact) mass is 280 g/mol. The molecular formula is C18H16O3. The molecule has 0 amide bonds. The van der Waals surface area contributed by atoms with Crippen molar-refractivity contribution in [2.75, 3.05) is 0 Å². The number of hydrogen-bond acceptors (Lipinski definition) is 3. The van der Waals surface area contributed by atoms with Gasteiger partial charge in [-0.25, -0.2) is 4.79 Å². The van der Waals surface area contributed by atoms with Crippen LogP contribution in [0, 0.1) is 5.92 Å². The fraction of sp³-hybridized carbons (Fsp3) is 0.278. The van der Waals surface area contributed by atoms with Crippen molar-refractivity contribution >= 4 is 16.7 Å². The summed E-state index contributed by atoms with van der Waals surface area (Å²) in [7, 11) is 0. The quantitative estimate of drug-likeness (QED) is 0.621. The number of carbonyl (C=O) groups excluding carboxylic acids is 1.